The van der Waals surface area contributed by atoms with Crippen LogP contribution < -0.4 is 0 Å². The van der Waals surface area contributed by atoms with Gasteiger partial charge in [0.25, 0.3) is 0 Å². The minimum Gasteiger partial charge on any atom is -0.462 e. The first-order valence-electron chi connectivity index (χ1n) is 14.1. The molecule has 0 radical (unpaired) electrons. The van der Waals surface area contributed by atoms with E-state index in [1.165, 1.54) is 0 Å². The topological polar surface area (TPSA) is 90.0 Å². The number of hydrogen-bond donors (Lipinski definition) is 0. The van der Waals surface area contributed by atoms with E-state index in [1.54, 1.807) is 4.90 Å². The van der Waals surface area contributed by atoms with Crippen molar-refractivity contribution in [1.29, 1.82) is 0 Å². The largest absolute Gasteiger partial charge is 0.462 e. The summed E-state index contributed by atoms with van der Waals surface area (Å²) in [5.74, 6) is 1.17. The quantitative estimate of drug-likeness (QED) is 0.498. The summed E-state index contributed by atoms with van der Waals surface area (Å²) in [6.45, 7) is 10.7. The van der Waals surface area contributed by atoms with Crippen molar-refractivity contribution in [2.24, 2.45) is 40.4 Å². The van der Waals surface area contributed by atoms with Crippen LogP contribution in [0.1, 0.15) is 92.4 Å². The Morgan fingerprint density at radius 3 is 2.47 bits per heavy atom. The van der Waals surface area contributed by atoms with Crippen LogP contribution in [0.15, 0.2) is 0 Å². The Morgan fingerprint density at radius 2 is 1.75 bits per heavy atom. The molecule has 0 aromatic carbocycles. The van der Waals surface area contributed by atoms with Crippen molar-refractivity contribution in [2.75, 3.05) is 13.1 Å². The molecule has 1 aliphatic heterocycles. The molecule has 1 amide bonds. The van der Waals surface area contributed by atoms with Crippen molar-refractivity contribution in [1.82, 2.24) is 4.90 Å². The van der Waals surface area contributed by atoms with E-state index < -0.39 is 5.60 Å². The molecule has 1 saturated heterocycles. The van der Waals surface area contributed by atoms with Crippen LogP contribution in [0.5, 0.6) is 0 Å². The second-order valence-electron chi connectivity index (χ2n) is 13.8. The van der Waals surface area contributed by atoms with E-state index >= 15 is 0 Å². The maximum atomic E-state index is 13.5. The number of carbonyl (C=O) groups excluding carboxylic acids is 4. The first-order valence-corrected chi connectivity index (χ1v) is 14.1. The van der Waals surface area contributed by atoms with Crippen LogP contribution >= 0.6 is 0 Å². The normalized spacial score (nSPS) is 42.4. The van der Waals surface area contributed by atoms with Crippen LogP contribution in [0.2, 0.25) is 0 Å². The summed E-state index contributed by atoms with van der Waals surface area (Å²) in [4.78, 5) is 53.1. The van der Waals surface area contributed by atoms with Gasteiger partial charge in [0.2, 0.25) is 0 Å². The SMILES string of the molecule is CC(C)(C)OC(=O)N1CCC(C(=O)O[C@H]2CC[C@@]3(C)C(C2)C(=O)C[C@@H]2[C@@H]3CC[C@]3(C)C(=O)CC[C@@H]23)C1. The van der Waals surface area contributed by atoms with Crippen molar-refractivity contribution in [2.45, 2.75) is 104 Å². The Kier molecular flexibility index (Phi) is 6.31. The highest BCUT2D eigenvalue weighted by atomic mass is 16.6. The second kappa shape index (κ2) is 8.83. The van der Waals surface area contributed by atoms with Gasteiger partial charge in [-0.3, -0.25) is 14.4 Å². The summed E-state index contributed by atoms with van der Waals surface area (Å²) in [7, 11) is 0. The molecule has 0 aromatic heterocycles. The number of likely N-dealkylation sites (tertiary alicyclic amines) is 1. The van der Waals surface area contributed by atoms with Gasteiger partial charge in [0.05, 0.1) is 5.92 Å². The number of amides is 1. The van der Waals surface area contributed by atoms with Crippen molar-refractivity contribution >= 4 is 23.6 Å². The fourth-order valence-electron chi connectivity index (χ4n) is 8.59. The summed E-state index contributed by atoms with van der Waals surface area (Å²) in [6.07, 6.45) is 6.37. The Morgan fingerprint density at radius 1 is 1.00 bits per heavy atom. The van der Waals surface area contributed by atoms with Crippen molar-refractivity contribution in [3.05, 3.63) is 0 Å². The van der Waals surface area contributed by atoms with Crippen LogP contribution in [-0.4, -0.2) is 53.3 Å². The number of esters is 1. The summed E-state index contributed by atoms with van der Waals surface area (Å²) in [6, 6.07) is 0. The van der Waals surface area contributed by atoms with E-state index in [-0.39, 0.29) is 40.8 Å². The number of ketones is 2. The molecule has 7 nitrogen and oxygen atoms in total. The van der Waals surface area contributed by atoms with E-state index in [0.717, 1.165) is 32.1 Å². The van der Waals surface area contributed by atoms with Crippen LogP contribution in [0, 0.1) is 40.4 Å². The van der Waals surface area contributed by atoms with Gasteiger partial charge in [0.15, 0.2) is 0 Å². The smallest absolute Gasteiger partial charge is 0.410 e. The maximum absolute atomic E-state index is 13.5. The lowest BCUT2D eigenvalue weighted by Crippen LogP contribution is -2.57. The molecular weight excluding hydrogens is 458 g/mol. The molecule has 2 unspecified atom stereocenters. The van der Waals surface area contributed by atoms with Crippen molar-refractivity contribution < 1.29 is 28.7 Å². The van der Waals surface area contributed by atoms with E-state index in [4.69, 9.17) is 9.47 Å². The number of rotatable bonds is 2. The van der Waals surface area contributed by atoms with E-state index in [0.29, 0.717) is 68.1 Å². The third-order valence-electron chi connectivity index (χ3n) is 10.6. The molecule has 0 aromatic rings. The highest BCUT2D eigenvalue weighted by Gasteiger charge is 2.62. The molecule has 0 spiro atoms. The molecule has 5 aliphatic rings. The average Bonchev–Trinajstić information content (AvgIpc) is 3.39. The zero-order chi connectivity index (χ0) is 26.0. The Balaban J connectivity index is 1.20. The second-order valence-corrected chi connectivity index (χ2v) is 13.8. The predicted octanol–water partition coefficient (Wildman–Crippen LogP) is 4.95. The van der Waals surface area contributed by atoms with Gasteiger partial charge in [-0.2, -0.15) is 0 Å². The van der Waals surface area contributed by atoms with Gasteiger partial charge in [-0.05, 0) is 88.9 Å². The Labute approximate surface area is 215 Å². The lowest BCUT2D eigenvalue weighted by Gasteiger charge is -2.59. The highest BCUT2D eigenvalue weighted by Crippen LogP contribution is 2.64. The number of fused-ring (bicyclic) bond motifs is 5. The standard InChI is InChI=1S/C29H43NO6/c1-27(2,3)36-26(34)30-13-10-17(16-30)25(33)35-18-8-11-28(4)21-9-12-29(5)20(6-7-24(29)32)19(21)15-23(31)22(28)14-18/h17-22H,6-16H2,1-5H3/t17?,18-,19-,20-,21-,22?,28+,29-/m0/s1. The van der Waals surface area contributed by atoms with Crippen LogP contribution in [-0.2, 0) is 23.9 Å². The lowest BCUT2D eigenvalue weighted by atomic mass is 9.45. The fraction of sp³-hybridized carbons (Fsp3) is 0.862. The first kappa shape index (κ1) is 25.7. The number of carbonyl (C=O) groups is 4. The van der Waals surface area contributed by atoms with Crippen molar-refractivity contribution in [3.63, 3.8) is 0 Å². The highest BCUT2D eigenvalue weighted by molar-refractivity contribution is 5.88. The van der Waals surface area contributed by atoms with Crippen molar-refractivity contribution in [3.8, 4) is 0 Å². The molecule has 4 aliphatic carbocycles. The third-order valence-corrected chi connectivity index (χ3v) is 10.6. The molecule has 4 saturated carbocycles. The Bertz CT molecular complexity index is 954. The lowest BCUT2D eigenvalue weighted by molar-refractivity contribution is -0.172. The van der Waals surface area contributed by atoms with E-state index in [9.17, 15) is 19.2 Å². The number of hydrogen-bond acceptors (Lipinski definition) is 6. The number of nitrogens with zero attached hydrogens (tertiary/aromatic N) is 1. The minimum atomic E-state index is -0.569. The fourth-order valence-corrected chi connectivity index (χ4v) is 8.59. The van der Waals surface area contributed by atoms with Gasteiger partial charge in [-0.25, -0.2) is 4.79 Å². The molecular formula is C29H43NO6. The molecule has 7 heteroatoms. The monoisotopic (exact) mass is 501 g/mol. The van der Waals surface area contributed by atoms with Gasteiger partial charge >= 0.3 is 12.1 Å². The zero-order valence-corrected chi connectivity index (χ0v) is 22.6. The number of Topliss-reactive ketones (excluding diaryl/α,β-unsaturated/α-hetero) is 2. The predicted molar refractivity (Wildman–Crippen MR) is 133 cm³/mol. The Hall–Kier alpha value is -1.92. The summed E-state index contributed by atoms with van der Waals surface area (Å²) in [5.41, 5.74) is -0.872. The first-order chi connectivity index (χ1) is 16.8. The summed E-state index contributed by atoms with van der Waals surface area (Å²) < 4.78 is 11.4. The molecule has 36 heavy (non-hydrogen) atoms. The minimum absolute atomic E-state index is 0.0727. The summed E-state index contributed by atoms with van der Waals surface area (Å²) in [5, 5.41) is 0. The molecule has 0 N–H and O–H groups in total. The molecule has 0 bridgehead atoms. The van der Waals surface area contributed by atoms with Gasteiger partial charge in [-0.1, -0.05) is 13.8 Å². The van der Waals surface area contributed by atoms with Gasteiger partial charge in [0, 0.05) is 37.3 Å². The average molecular weight is 502 g/mol. The molecule has 5 rings (SSSR count). The maximum Gasteiger partial charge on any atom is 0.410 e. The molecule has 1 heterocycles. The van der Waals surface area contributed by atoms with E-state index in [1.807, 2.05) is 20.8 Å². The van der Waals surface area contributed by atoms with Gasteiger partial charge < -0.3 is 14.4 Å². The molecule has 200 valence electrons. The third kappa shape index (κ3) is 4.28. The zero-order valence-electron chi connectivity index (χ0n) is 22.6. The molecule has 5 fully saturated rings. The van der Waals surface area contributed by atoms with Crippen LogP contribution in [0.25, 0.3) is 0 Å². The summed E-state index contributed by atoms with van der Waals surface area (Å²) >= 11 is 0. The van der Waals surface area contributed by atoms with Gasteiger partial charge in [-0.15, -0.1) is 0 Å². The van der Waals surface area contributed by atoms with Gasteiger partial charge in [0.1, 0.15) is 23.3 Å². The number of ether oxygens (including phenoxy) is 2. The molecule has 8 atom stereocenters. The van der Waals surface area contributed by atoms with Crippen LogP contribution in [0.4, 0.5) is 4.79 Å². The van der Waals surface area contributed by atoms with E-state index in [2.05, 4.69) is 13.8 Å². The van der Waals surface area contributed by atoms with Crippen LogP contribution in [0.3, 0.4) is 0 Å².